The van der Waals surface area contributed by atoms with Crippen molar-refractivity contribution >= 4 is 12.4 Å². The Morgan fingerprint density at radius 1 is 1.12 bits per heavy atom. The lowest BCUT2D eigenvalue weighted by molar-refractivity contribution is 0.154. The molecule has 1 aromatic rings. The summed E-state index contributed by atoms with van der Waals surface area (Å²) in [6, 6.07) is 1.04. The van der Waals surface area contributed by atoms with Crippen LogP contribution in [0.4, 0.5) is 12.9 Å². The molecule has 0 aliphatic heterocycles. The Morgan fingerprint density at radius 3 is 2.47 bits per heavy atom. The summed E-state index contributed by atoms with van der Waals surface area (Å²) in [7, 11) is 0. The maximum Gasteiger partial charge on any atom is 0.511 e. The Hall–Kier alpha value is -1.20. The molecule has 2 rings (SSSR count). The average Bonchev–Trinajstić information content (AvgIpc) is 2.29. The predicted molar refractivity (Wildman–Crippen MR) is 60.5 cm³/mol. The van der Waals surface area contributed by atoms with E-state index in [-0.39, 0.29) is 11.9 Å². The summed E-state index contributed by atoms with van der Waals surface area (Å²) >= 11 is 0. The van der Waals surface area contributed by atoms with Crippen molar-refractivity contribution in [3.63, 3.8) is 0 Å². The van der Waals surface area contributed by atoms with Crippen LogP contribution in [0.5, 0.6) is 5.75 Å². The van der Waals surface area contributed by atoms with Crippen molar-refractivity contribution in [3.8, 4) is 5.75 Å². The number of hydrogen-bond acceptors (Lipinski definition) is 2. The Balaban J connectivity index is 2.05. The summed E-state index contributed by atoms with van der Waals surface area (Å²) in [5, 5.41) is 0. The molecule has 1 aromatic heterocycles. The van der Waals surface area contributed by atoms with Crippen molar-refractivity contribution in [1.82, 2.24) is 4.98 Å². The van der Waals surface area contributed by atoms with Crippen LogP contribution >= 0.6 is 0 Å². The van der Waals surface area contributed by atoms with Crippen LogP contribution in [0.25, 0.3) is 0 Å². The number of pyridine rings is 1. The molecular formula is C11H14BF3NO-. The third-order valence-corrected chi connectivity index (χ3v) is 2.97. The van der Waals surface area contributed by atoms with Crippen molar-refractivity contribution in [3.05, 3.63) is 18.5 Å². The monoisotopic (exact) mass is 244 g/mol. The van der Waals surface area contributed by atoms with E-state index in [2.05, 4.69) is 4.98 Å². The van der Waals surface area contributed by atoms with Gasteiger partial charge in [-0.1, -0.05) is 11.9 Å². The van der Waals surface area contributed by atoms with E-state index in [9.17, 15) is 12.9 Å². The molecule has 0 saturated heterocycles. The molecule has 0 unspecified atom stereocenters. The molecule has 0 atom stereocenters. The fourth-order valence-electron chi connectivity index (χ4n) is 2.05. The zero-order valence-electron chi connectivity index (χ0n) is 9.41. The molecule has 1 fully saturated rings. The fourth-order valence-corrected chi connectivity index (χ4v) is 2.05. The zero-order valence-corrected chi connectivity index (χ0v) is 9.41. The molecule has 0 bridgehead atoms. The summed E-state index contributed by atoms with van der Waals surface area (Å²) < 4.78 is 43.1. The van der Waals surface area contributed by atoms with Crippen LogP contribution in [0.3, 0.4) is 0 Å². The normalized spacial score (nSPS) is 18.1. The van der Waals surface area contributed by atoms with Gasteiger partial charge in [0, 0.05) is 6.20 Å². The summed E-state index contributed by atoms with van der Waals surface area (Å²) in [6.45, 7) is -5.00. The van der Waals surface area contributed by atoms with Gasteiger partial charge in [0.15, 0.2) is 0 Å². The average molecular weight is 244 g/mol. The maximum atomic E-state index is 12.5. The largest absolute Gasteiger partial charge is 0.511 e. The Morgan fingerprint density at radius 2 is 1.82 bits per heavy atom. The quantitative estimate of drug-likeness (QED) is 0.762. The summed E-state index contributed by atoms with van der Waals surface area (Å²) in [5.41, 5.74) is -0.696. The number of nitrogens with zero attached hydrogens (tertiary/aromatic N) is 1. The molecule has 1 saturated carbocycles. The van der Waals surface area contributed by atoms with Gasteiger partial charge < -0.3 is 17.7 Å². The van der Waals surface area contributed by atoms with Crippen LogP contribution in [-0.4, -0.2) is 18.1 Å². The Kier molecular flexibility index (Phi) is 3.59. The topological polar surface area (TPSA) is 22.1 Å². The zero-order chi connectivity index (χ0) is 12.3. The molecule has 2 nitrogen and oxygen atoms in total. The number of halogens is 3. The highest BCUT2D eigenvalue weighted by atomic mass is 19.4. The first-order chi connectivity index (χ1) is 8.05. The molecule has 0 spiro atoms. The summed E-state index contributed by atoms with van der Waals surface area (Å²) in [6.07, 6.45) is 7.42. The molecule has 0 N–H and O–H groups in total. The van der Waals surface area contributed by atoms with Crippen molar-refractivity contribution in [2.24, 2.45) is 0 Å². The predicted octanol–water partition coefficient (Wildman–Crippen LogP) is 2.85. The second kappa shape index (κ2) is 4.98. The van der Waals surface area contributed by atoms with Crippen molar-refractivity contribution in [2.75, 3.05) is 0 Å². The molecule has 94 valence electrons. The SMILES string of the molecule is F[B-](F)(F)c1cncc(OC2CCCCC2)c1. The number of hydrogen-bond donors (Lipinski definition) is 0. The molecule has 1 aliphatic carbocycles. The van der Waals surface area contributed by atoms with Gasteiger partial charge in [-0.25, -0.2) is 0 Å². The first-order valence-corrected chi connectivity index (χ1v) is 5.87. The second-order valence-corrected chi connectivity index (χ2v) is 4.41. The van der Waals surface area contributed by atoms with E-state index in [1.807, 2.05) is 0 Å². The van der Waals surface area contributed by atoms with Gasteiger partial charge in [0.05, 0.1) is 12.3 Å². The van der Waals surface area contributed by atoms with Gasteiger partial charge >= 0.3 is 6.98 Å². The lowest BCUT2D eigenvalue weighted by Crippen LogP contribution is -2.34. The van der Waals surface area contributed by atoms with Gasteiger partial charge in [-0.2, -0.15) is 0 Å². The van der Waals surface area contributed by atoms with E-state index < -0.39 is 12.4 Å². The number of ether oxygens (including phenoxy) is 1. The third-order valence-electron chi connectivity index (χ3n) is 2.97. The molecule has 1 aliphatic rings. The molecule has 17 heavy (non-hydrogen) atoms. The van der Waals surface area contributed by atoms with Crippen LogP contribution in [0, 0.1) is 0 Å². The lowest BCUT2D eigenvalue weighted by Gasteiger charge is -2.23. The first kappa shape index (κ1) is 12.3. The molecule has 0 aromatic carbocycles. The van der Waals surface area contributed by atoms with Crippen LogP contribution < -0.4 is 10.2 Å². The standard InChI is InChI=1S/C11H14BF3NO/c13-12(14,15)9-6-11(8-16-7-9)17-10-4-2-1-3-5-10/h6-8,10H,1-5H2/q-1. The minimum atomic E-state index is -5.00. The van der Waals surface area contributed by atoms with Crippen LogP contribution in [-0.2, 0) is 0 Å². The maximum absolute atomic E-state index is 12.5. The van der Waals surface area contributed by atoms with E-state index in [1.54, 1.807) is 0 Å². The van der Waals surface area contributed by atoms with Crippen molar-refractivity contribution in [1.29, 1.82) is 0 Å². The van der Waals surface area contributed by atoms with Crippen LogP contribution in [0.15, 0.2) is 18.5 Å². The Bertz CT molecular complexity index is 377. The first-order valence-electron chi connectivity index (χ1n) is 5.87. The third kappa shape index (κ3) is 3.38. The minimum Gasteiger partial charge on any atom is -0.489 e. The Labute approximate surface area is 98.3 Å². The highest BCUT2D eigenvalue weighted by Gasteiger charge is 2.26. The van der Waals surface area contributed by atoms with E-state index in [1.165, 1.54) is 12.6 Å². The highest BCUT2D eigenvalue weighted by Crippen LogP contribution is 2.23. The second-order valence-electron chi connectivity index (χ2n) is 4.41. The smallest absolute Gasteiger partial charge is 0.489 e. The van der Waals surface area contributed by atoms with Crippen LogP contribution in [0.1, 0.15) is 32.1 Å². The van der Waals surface area contributed by atoms with Gasteiger partial charge in [0.1, 0.15) is 5.75 Å². The van der Waals surface area contributed by atoms with E-state index in [4.69, 9.17) is 4.74 Å². The van der Waals surface area contributed by atoms with E-state index in [0.29, 0.717) is 0 Å². The lowest BCUT2D eigenvalue weighted by atomic mass is 9.81. The molecule has 1 heterocycles. The van der Waals surface area contributed by atoms with Crippen molar-refractivity contribution < 1.29 is 17.7 Å². The molecule has 0 radical (unpaired) electrons. The fraction of sp³-hybridized carbons (Fsp3) is 0.545. The molecule has 0 amide bonds. The summed E-state index contributed by atoms with van der Waals surface area (Å²) in [5.74, 6) is 0.230. The van der Waals surface area contributed by atoms with Gasteiger partial charge in [0.25, 0.3) is 0 Å². The van der Waals surface area contributed by atoms with Gasteiger partial charge in [0.2, 0.25) is 0 Å². The highest BCUT2D eigenvalue weighted by molar-refractivity contribution is 6.73. The van der Waals surface area contributed by atoms with Crippen LogP contribution in [0.2, 0.25) is 0 Å². The van der Waals surface area contributed by atoms with E-state index >= 15 is 0 Å². The number of aromatic nitrogens is 1. The molecule has 6 heteroatoms. The van der Waals surface area contributed by atoms with Gasteiger partial charge in [-0.15, -0.1) is 0 Å². The minimum absolute atomic E-state index is 0.0431. The summed E-state index contributed by atoms with van der Waals surface area (Å²) in [4.78, 5) is 3.59. The van der Waals surface area contributed by atoms with E-state index in [0.717, 1.165) is 37.9 Å². The molecular weight excluding hydrogens is 230 g/mol. The van der Waals surface area contributed by atoms with Gasteiger partial charge in [-0.05, 0) is 31.7 Å². The van der Waals surface area contributed by atoms with Crippen molar-refractivity contribution in [2.45, 2.75) is 38.2 Å². The van der Waals surface area contributed by atoms with Gasteiger partial charge in [-0.3, -0.25) is 4.98 Å². The number of rotatable bonds is 3.